The van der Waals surface area contributed by atoms with E-state index in [1.165, 1.54) is 4.88 Å². The lowest BCUT2D eigenvalue weighted by molar-refractivity contribution is -0.126. The molecule has 0 bridgehead atoms. The van der Waals surface area contributed by atoms with Crippen LogP contribution in [0.2, 0.25) is 0 Å². The number of thiophene rings is 1. The molecule has 0 fully saturated rings. The van der Waals surface area contributed by atoms with Crippen molar-refractivity contribution in [2.45, 2.75) is 25.9 Å². The Balaban J connectivity index is 0.00000200. The molecule has 1 amide bonds. The maximum absolute atomic E-state index is 12.2. The summed E-state index contributed by atoms with van der Waals surface area (Å²) in [5.41, 5.74) is 5.95. The van der Waals surface area contributed by atoms with Crippen molar-refractivity contribution in [3.8, 4) is 0 Å². The van der Waals surface area contributed by atoms with Gasteiger partial charge in [0.15, 0.2) is 0 Å². The zero-order valence-corrected chi connectivity index (χ0v) is 13.2. The summed E-state index contributed by atoms with van der Waals surface area (Å²) >= 11 is 1.68. The average molecular weight is 311 g/mol. The second kappa shape index (κ2) is 6.88. The lowest BCUT2D eigenvalue weighted by Crippen LogP contribution is -2.48. The normalized spacial score (nSPS) is 13.2. The van der Waals surface area contributed by atoms with Crippen molar-refractivity contribution in [3.63, 3.8) is 0 Å². The summed E-state index contributed by atoms with van der Waals surface area (Å²) in [5.74, 6) is -0.162. The topological polar surface area (TPSA) is 55.1 Å². The van der Waals surface area contributed by atoms with Gasteiger partial charge in [0.2, 0.25) is 5.91 Å². The van der Waals surface area contributed by atoms with Crippen LogP contribution in [-0.2, 0) is 16.9 Å². The maximum Gasteiger partial charge on any atom is 0.244 e. The minimum absolute atomic E-state index is 0. The predicted molar refractivity (Wildman–Crippen MR) is 86.1 cm³/mol. The fraction of sp³-hybridized carbons (Fsp3) is 0.267. The summed E-state index contributed by atoms with van der Waals surface area (Å²) in [7, 11) is 0. The van der Waals surface area contributed by atoms with Crippen molar-refractivity contribution in [1.82, 2.24) is 5.32 Å². The van der Waals surface area contributed by atoms with Crippen LogP contribution in [0.3, 0.4) is 0 Å². The summed E-state index contributed by atoms with van der Waals surface area (Å²) in [6.45, 7) is 4.31. The fourth-order valence-electron chi connectivity index (χ4n) is 1.85. The highest BCUT2D eigenvalue weighted by Crippen LogP contribution is 2.19. The van der Waals surface area contributed by atoms with E-state index >= 15 is 0 Å². The average Bonchev–Trinajstić information content (AvgIpc) is 2.82. The smallest absolute Gasteiger partial charge is 0.244 e. The number of hydrogen-bond donors (Lipinski definition) is 2. The van der Waals surface area contributed by atoms with E-state index < -0.39 is 5.54 Å². The highest BCUT2D eigenvalue weighted by Gasteiger charge is 2.29. The summed E-state index contributed by atoms with van der Waals surface area (Å²) in [6.07, 6.45) is 0. The Morgan fingerprint density at radius 2 is 1.90 bits per heavy atom. The van der Waals surface area contributed by atoms with Gasteiger partial charge < -0.3 is 11.1 Å². The zero-order valence-electron chi connectivity index (χ0n) is 11.6. The lowest BCUT2D eigenvalue weighted by Gasteiger charge is -2.23. The molecule has 0 radical (unpaired) electrons. The van der Waals surface area contributed by atoms with Crippen LogP contribution in [0.25, 0.3) is 0 Å². The Morgan fingerprint density at radius 1 is 1.25 bits per heavy atom. The molecule has 1 aromatic heterocycles. The minimum Gasteiger partial charge on any atom is -0.349 e. The van der Waals surface area contributed by atoms with E-state index in [1.807, 2.05) is 49.4 Å². The Bertz CT molecular complexity index is 566. The molecule has 1 aromatic carbocycles. The zero-order chi connectivity index (χ0) is 13.9. The van der Waals surface area contributed by atoms with Crippen LogP contribution < -0.4 is 11.1 Å². The lowest BCUT2D eigenvalue weighted by atomic mass is 9.92. The molecule has 0 aliphatic rings. The molecule has 2 aromatic rings. The van der Waals surface area contributed by atoms with Crippen LogP contribution in [0.1, 0.15) is 22.2 Å². The highest BCUT2D eigenvalue weighted by atomic mass is 35.5. The summed E-state index contributed by atoms with van der Waals surface area (Å²) in [5, 5.41) is 2.90. The van der Waals surface area contributed by atoms with Crippen LogP contribution in [0.5, 0.6) is 0 Å². The first kappa shape index (κ1) is 16.7. The van der Waals surface area contributed by atoms with E-state index in [4.69, 9.17) is 5.73 Å². The van der Waals surface area contributed by atoms with Crippen molar-refractivity contribution in [1.29, 1.82) is 0 Å². The molecule has 108 valence electrons. The molecule has 2 rings (SSSR count). The standard InChI is InChI=1S/C15H18N2OS.ClH/c1-11-8-9-13(19-11)10-17-14(18)15(2,16)12-6-4-3-5-7-12;/h3-9H,10,16H2,1-2H3,(H,17,18);1H. The fourth-order valence-corrected chi connectivity index (χ4v) is 2.68. The molecule has 3 N–H and O–H groups in total. The monoisotopic (exact) mass is 310 g/mol. The molecule has 5 heteroatoms. The van der Waals surface area contributed by atoms with Gasteiger partial charge in [0.1, 0.15) is 5.54 Å². The number of carbonyl (C=O) groups excluding carboxylic acids is 1. The number of halogens is 1. The molecule has 3 nitrogen and oxygen atoms in total. The maximum atomic E-state index is 12.2. The Kier molecular flexibility index (Phi) is 5.74. The van der Waals surface area contributed by atoms with Gasteiger partial charge in [-0.3, -0.25) is 4.79 Å². The third-order valence-electron chi connectivity index (χ3n) is 3.06. The molecule has 0 aliphatic heterocycles. The number of amides is 1. The molecule has 0 aliphatic carbocycles. The van der Waals surface area contributed by atoms with E-state index in [-0.39, 0.29) is 18.3 Å². The largest absolute Gasteiger partial charge is 0.349 e. The first-order chi connectivity index (χ1) is 9.00. The van der Waals surface area contributed by atoms with Crippen molar-refractivity contribution in [2.75, 3.05) is 0 Å². The third-order valence-corrected chi connectivity index (χ3v) is 4.07. The van der Waals surface area contributed by atoms with Crippen molar-refractivity contribution in [3.05, 3.63) is 57.8 Å². The summed E-state index contributed by atoms with van der Waals surface area (Å²) in [4.78, 5) is 14.6. The van der Waals surface area contributed by atoms with Crippen LogP contribution in [0.15, 0.2) is 42.5 Å². The molecule has 1 heterocycles. The SMILES string of the molecule is Cc1ccc(CNC(=O)C(C)(N)c2ccccc2)s1.Cl. The molecule has 0 saturated heterocycles. The van der Waals surface area contributed by atoms with E-state index in [1.54, 1.807) is 18.3 Å². The quantitative estimate of drug-likeness (QED) is 0.912. The van der Waals surface area contributed by atoms with E-state index in [2.05, 4.69) is 5.32 Å². The second-order valence-corrected chi connectivity index (χ2v) is 6.14. The molecule has 0 spiro atoms. The van der Waals surface area contributed by atoms with Gasteiger partial charge >= 0.3 is 0 Å². The first-order valence-electron chi connectivity index (χ1n) is 6.18. The van der Waals surface area contributed by atoms with Crippen molar-refractivity contribution in [2.24, 2.45) is 5.73 Å². The van der Waals surface area contributed by atoms with Gasteiger partial charge in [0, 0.05) is 9.75 Å². The van der Waals surface area contributed by atoms with Gasteiger partial charge in [-0.2, -0.15) is 0 Å². The number of aryl methyl sites for hydroxylation is 1. The molecule has 1 atom stereocenters. The van der Waals surface area contributed by atoms with E-state index in [0.717, 1.165) is 10.4 Å². The number of rotatable bonds is 4. The molecule has 0 saturated carbocycles. The van der Waals surface area contributed by atoms with Crippen molar-refractivity contribution >= 4 is 29.7 Å². The second-order valence-electron chi connectivity index (χ2n) is 4.76. The van der Waals surface area contributed by atoms with E-state index in [9.17, 15) is 4.79 Å². The van der Waals surface area contributed by atoms with Gasteiger partial charge in [-0.15, -0.1) is 23.7 Å². The molecular weight excluding hydrogens is 292 g/mol. The molecule has 1 unspecified atom stereocenters. The van der Waals surface area contributed by atoms with Crippen LogP contribution in [-0.4, -0.2) is 5.91 Å². The van der Waals surface area contributed by atoms with Crippen molar-refractivity contribution < 1.29 is 4.79 Å². The minimum atomic E-state index is -1.01. The predicted octanol–water partition coefficient (Wildman–Crippen LogP) is 2.97. The summed E-state index contributed by atoms with van der Waals surface area (Å²) in [6, 6.07) is 13.5. The first-order valence-corrected chi connectivity index (χ1v) is 7.00. The van der Waals surface area contributed by atoms with Crippen LogP contribution in [0.4, 0.5) is 0 Å². The molecular formula is C15H19ClN2OS. The summed E-state index contributed by atoms with van der Waals surface area (Å²) < 4.78 is 0. The molecule has 20 heavy (non-hydrogen) atoms. The van der Waals surface area contributed by atoms with Gasteiger partial charge in [-0.05, 0) is 31.5 Å². The number of benzene rings is 1. The van der Waals surface area contributed by atoms with Crippen LogP contribution in [0, 0.1) is 6.92 Å². The van der Waals surface area contributed by atoms with Gasteiger partial charge in [-0.25, -0.2) is 0 Å². The van der Waals surface area contributed by atoms with E-state index in [0.29, 0.717) is 6.54 Å². The third kappa shape index (κ3) is 3.82. The van der Waals surface area contributed by atoms with Gasteiger partial charge in [0.25, 0.3) is 0 Å². The highest BCUT2D eigenvalue weighted by molar-refractivity contribution is 7.11. The number of nitrogens with one attached hydrogen (secondary N) is 1. The van der Waals surface area contributed by atoms with Gasteiger partial charge in [0.05, 0.1) is 6.54 Å². The Morgan fingerprint density at radius 3 is 2.45 bits per heavy atom. The number of carbonyl (C=O) groups is 1. The van der Waals surface area contributed by atoms with Crippen LogP contribution >= 0.6 is 23.7 Å². The van der Waals surface area contributed by atoms with Gasteiger partial charge in [-0.1, -0.05) is 30.3 Å². The number of nitrogens with two attached hydrogens (primary N) is 1. The number of hydrogen-bond acceptors (Lipinski definition) is 3. The Hall–Kier alpha value is -1.36. The Labute approximate surface area is 129 Å².